The second-order valence-electron chi connectivity index (χ2n) is 4.66. The van der Waals surface area contributed by atoms with E-state index in [0.29, 0.717) is 6.54 Å². The van der Waals surface area contributed by atoms with Crippen molar-refractivity contribution in [1.82, 2.24) is 0 Å². The van der Waals surface area contributed by atoms with Gasteiger partial charge in [-0.1, -0.05) is 48.5 Å². The zero-order valence-electron chi connectivity index (χ0n) is 12.0. The van der Waals surface area contributed by atoms with E-state index in [1.165, 1.54) is 5.56 Å². The Morgan fingerprint density at radius 1 is 1.00 bits per heavy atom. The van der Waals surface area contributed by atoms with Crippen molar-refractivity contribution in [3.8, 4) is 5.75 Å². The first-order valence-electron chi connectivity index (χ1n) is 6.79. The van der Waals surface area contributed by atoms with Gasteiger partial charge in [-0.25, -0.2) is 0 Å². The average Bonchev–Trinajstić information content (AvgIpc) is 2.50. The number of hydrogen-bond acceptors (Lipinski definition) is 3. The minimum absolute atomic E-state index is 0.122. The lowest BCUT2D eigenvalue weighted by Gasteiger charge is -2.21. The fourth-order valence-electron chi connectivity index (χ4n) is 2.23. The van der Waals surface area contributed by atoms with Crippen LogP contribution in [0.15, 0.2) is 54.6 Å². The lowest BCUT2D eigenvalue weighted by molar-refractivity contribution is -0.0389. The Morgan fingerprint density at radius 2 is 1.65 bits per heavy atom. The molecule has 3 nitrogen and oxygen atoms in total. The molecule has 0 heterocycles. The summed E-state index contributed by atoms with van der Waals surface area (Å²) in [6, 6.07) is 18.2. The van der Waals surface area contributed by atoms with E-state index in [-0.39, 0.29) is 12.2 Å². The lowest BCUT2D eigenvalue weighted by Crippen LogP contribution is -2.18. The molecule has 0 fully saturated rings. The molecule has 2 aromatic carbocycles. The van der Waals surface area contributed by atoms with Gasteiger partial charge in [0.15, 0.2) is 6.29 Å². The van der Waals surface area contributed by atoms with Crippen LogP contribution in [0.25, 0.3) is 0 Å². The SMILES string of the molecule is COC(C)Oc1ccccc1C(CN)c1ccccc1. The highest BCUT2D eigenvalue weighted by atomic mass is 16.7. The predicted octanol–water partition coefficient (Wildman–Crippen LogP) is 3.15. The number of benzene rings is 2. The summed E-state index contributed by atoms with van der Waals surface area (Å²) in [5.74, 6) is 0.942. The minimum atomic E-state index is -0.287. The third-order valence-corrected chi connectivity index (χ3v) is 3.36. The zero-order valence-corrected chi connectivity index (χ0v) is 12.0. The molecule has 3 heteroatoms. The van der Waals surface area contributed by atoms with E-state index in [4.69, 9.17) is 15.2 Å². The van der Waals surface area contributed by atoms with E-state index in [1.807, 2.05) is 43.3 Å². The van der Waals surface area contributed by atoms with Crippen LogP contribution in [0.5, 0.6) is 5.75 Å². The van der Waals surface area contributed by atoms with Crippen molar-refractivity contribution in [1.29, 1.82) is 0 Å². The number of methoxy groups -OCH3 is 1. The van der Waals surface area contributed by atoms with Crippen LogP contribution in [0, 0.1) is 0 Å². The molecule has 2 atom stereocenters. The summed E-state index contributed by atoms with van der Waals surface area (Å²) in [5.41, 5.74) is 8.26. The molecule has 2 N–H and O–H groups in total. The summed E-state index contributed by atoms with van der Waals surface area (Å²) in [5, 5.41) is 0. The normalized spacial score (nSPS) is 13.8. The first-order valence-corrected chi connectivity index (χ1v) is 6.79. The fraction of sp³-hybridized carbons (Fsp3) is 0.294. The Kier molecular flexibility index (Phi) is 5.16. The van der Waals surface area contributed by atoms with Gasteiger partial charge in [0.25, 0.3) is 0 Å². The van der Waals surface area contributed by atoms with Crippen LogP contribution in [0.4, 0.5) is 0 Å². The molecule has 0 radical (unpaired) electrons. The number of nitrogens with two attached hydrogens (primary N) is 1. The summed E-state index contributed by atoms with van der Waals surface area (Å²) in [7, 11) is 1.63. The molecular formula is C17H21NO2. The third-order valence-electron chi connectivity index (χ3n) is 3.36. The van der Waals surface area contributed by atoms with Crippen LogP contribution in [-0.2, 0) is 4.74 Å². The van der Waals surface area contributed by atoms with E-state index in [1.54, 1.807) is 7.11 Å². The number of para-hydroxylation sites is 1. The van der Waals surface area contributed by atoms with Gasteiger partial charge < -0.3 is 15.2 Å². The van der Waals surface area contributed by atoms with Crippen molar-refractivity contribution in [2.75, 3.05) is 13.7 Å². The molecule has 0 aliphatic rings. The Balaban J connectivity index is 2.35. The van der Waals surface area contributed by atoms with Gasteiger partial charge in [-0.05, 0) is 18.6 Å². The molecule has 0 saturated carbocycles. The molecule has 20 heavy (non-hydrogen) atoms. The van der Waals surface area contributed by atoms with Crippen molar-refractivity contribution in [2.45, 2.75) is 19.1 Å². The molecule has 2 rings (SSSR count). The van der Waals surface area contributed by atoms with Gasteiger partial charge in [0.1, 0.15) is 5.75 Å². The van der Waals surface area contributed by atoms with E-state index >= 15 is 0 Å². The highest BCUT2D eigenvalue weighted by Crippen LogP contribution is 2.31. The second kappa shape index (κ2) is 7.08. The Labute approximate surface area is 120 Å². The van der Waals surface area contributed by atoms with Crippen LogP contribution >= 0.6 is 0 Å². The van der Waals surface area contributed by atoms with Gasteiger partial charge >= 0.3 is 0 Å². The zero-order chi connectivity index (χ0) is 14.4. The van der Waals surface area contributed by atoms with Crippen molar-refractivity contribution in [2.24, 2.45) is 5.73 Å². The third kappa shape index (κ3) is 3.38. The van der Waals surface area contributed by atoms with E-state index in [0.717, 1.165) is 11.3 Å². The topological polar surface area (TPSA) is 44.5 Å². The van der Waals surface area contributed by atoms with E-state index < -0.39 is 0 Å². The summed E-state index contributed by atoms with van der Waals surface area (Å²) in [6.07, 6.45) is -0.287. The summed E-state index contributed by atoms with van der Waals surface area (Å²) >= 11 is 0. The maximum atomic E-state index is 5.98. The van der Waals surface area contributed by atoms with Crippen molar-refractivity contribution in [3.63, 3.8) is 0 Å². The number of ether oxygens (including phenoxy) is 2. The standard InChI is InChI=1S/C17H21NO2/c1-13(19-2)20-17-11-7-6-10-15(17)16(12-18)14-8-4-3-5-9-14/h3-11,13,16H,12,18H2,1-2H3. The van der Waals surface area contributed by atoms with E-state index in [9.17, 15) is 0 Å². The number of hydrogen-bond donors (Lipinski definition) is 1. The highest BCUT2D eigenvalue weighted by molar-refractivity contribution is 5.42. The molecule has 106 valence electrons. The first-order chi connectivity index (χ1) is 9.76. The van der Waals surface area contributed by atoms with E-state index in [2.05, 4.69) is 18.2 Å². The number of rotatable bonds is 6. The van der Waals surface area contributed by atoms with Gasteiger partial charge in [-0.15, -0.1) is 0 Å². The van der Waals surface area contributed by atoms with Gasteiger partial charge in [0, 0.05) is 25.1 Å². The molecule has 0 bridgehead atoms. The first kappa shape index (κ1) is 14.6. The predicted molar refractivity (Wildman–Crippen MR) is 80.9 cm³/mol. The quantitative estimate of drug-likeness (QED) is 0.821. The summed E-state index contributed by atoms with van der Waals surface area (Å²) < 4.78 is 11.0. The molecule has 0 aromatic heterocycles. The molecule has 0 spiro atoms. The Bertz CT molecular complexity index is 528. The minimum Gasteiger partial charge on any atom is -0.465 e. The monoisotopic (exact) mass is 271 g/mol. The van der Waals surface area contributed by atoms with Gasteiger partial charge in [-0.2, -0.15) is 0 Å². The van der Waals surface area contributed by atoms with Gasteiger partial charge in [-0.3, -0.25) is 0 Å². The highest BCUT2D eigenvalue weighted by Gasteiger charge is 2.17. The summed E-state index contributed by atoms with van der Waals surface area (Å²) in [6.45, 7) is 2.41. The molecule has 2 aromatic rings. The van der Waals surface area contributed by atoms with Crippen molar-refractivity contribution in [3.05, 3.63) is 65.7 Å². The molecular weight excluding hydrogens is 250 g/mol. The maximum absolute atomic E-state index is 5.98. The molecule has 0 amide bonds. The van der Waals surface area contributed by atoms with Crippen molar-refractivity contribution >= 4 is 0 Å². The molecule has 0 aliphatic heterocycles. The second-order valence-corrected chi connectivity index (χ2v) is 4.66. The van der Waals surface area contributed by atoms with Crippen molar-refractivity contribution < 1.29 is 9.47 Å². The van der Waals surface area contributed by atoms with Gasteiger partial charge in [0.05, 0.1) is 0 Å². The van der Waals surface area contributed by atoms with Crippen LogP contribution in [0.3, 0.4) is 0 Å². The maximum Gasteiger partial charge on any atom is 0.196 e. The van der Waals surface area contributed by atoms with Crippen LogP contribution < -0.4 is 10.5 Å². The lowest BCUT2D eigenvalue weighted by atomic mass is 9.91. The average molecular weight is 271 g/mol. The Morgan fingerprint density at radius 3 is 2.30 bits per heavy atom. The smallest absolute Gasteiger partial charge is 0.196 e. The van der Waals surface area contributed by atoms with Crippen LogP contribution in [-0.4, -0.2) is 19.9 Å². The van der Waals surface area contributed by atoms with Crippen LogP contribution in [0.2, 0.25) is 0 Å². The molecule has 2 unspecified atom stereocenters. The molecule has 0 saturated heterocycles. The largest absolute Gasteiger partial charge is 0.465 e. The van der Waals surface area contributed by atoms with Gasteiger partial charge in [0.2, 0.25) is 0 Å². The fourth-order valence-corrected chi connectivity index (χ4v) is 2.23. The Hall–Kier alpha value is -1.84. The summed E-state index contributed by atoms with van der Waals surface area (Å²) in [4.78, 5) is 0. The van der Waals surface area contributed by atoms with Crippen LogP contribution in [0.1, 0.15) is 24.0 Å². The molecule has 0 aliphatic carbocycles.